The Morgan fingerprint density at radius 1 is 0.636 bits per heavy atom. The quantitative estimate of drug-likeness (QED) is 0.0778. The number of benzene rings is 6. The third-order valence-electron chi connectivity index (χ3n) is 9.32. The molecule has 0 amide bonds. The summed E-state index contributed by atoms with van der Waals surface area (Å²) >= 11 is 9.54. The van der Waals surface area contributed by atoms with Gasteiger partial charge in [-0.25, -0.2) is 0 Å². The predicted molar refractivity (Wildman–Crippen MR) is 290 cm³/mol. The van der Waals surface area contributed by atoms with Gasteiger partial charge in [-0.05, 0) is 108 Å². The number of ether oxygens (including phenoxy) is 2. The van der Waals surface area contributed by atoms with Gasteiger partial charge in [0, 0.05) is 79.1 Å². The zero-order valence-corrected chi connectivity index (χ0v) is 46.4. The maximum atomic E-state index is 12.3. The third kappa shape index (κ3) is 16.8. The fourth-order valence-corrected chi connectivity index (χ4v) is 6.33. The molecule has 2 atom stereocenters. The molecular weight excluding hydrogens is 1420 g/mol. The molecule has 3 heterocycles. The van der Waals surface area contributed by atoms with Crippen LogP contribution < -0.4 is 28.2 Å². The van der Waals surface area contributed by atoms with Gasteiger partial charge in [0.2, 0.25) is 0 Å². The van der Waals surface area contributed by atoms with E-state index >= 15 is 0 Å². The molecule has 6 aromatic carbocycles. The molecule has 352 valence electrons. The van der Waals surface area contributed by atoms with Gasteiger partial charge >= 0.3 is 50.5 Å². The maximum Gasteiger partial charge on any atom is 0.200 e. The molecule has 7 aromatic rings. The molecule has 12 nitrogen and oxygen atoms in total. The minimum absolute atomic E-state index is 0.0491. The number of aromatic hydroxyl groups is 6. The summed E-state index contributed by atoms with van der Waals surface area (Å²) in [6.45, 7) is 6.73. The van der Waals surface area contributed by atoms with Crippen LogP contribution in [0.3, 0.4) is 0 Å². The molecule has 2 aliphatic rings. The van der Waals surface area contributed by atoms with Crippen molar-refractivity contribution >= 4 is 97.1 Å². The summed E-state index contributed by atoms with van der Waals surface area (Å²) in [5.74, 6) is 1.98. The van der Waals surface area contributed by atoms with Crippen molar-refractivity contribution in [1.82, 2.24) is 0 Å². The fourth-order valence-electron chi connectivity index (χ4n) is 6.33. The molecule has 2 aliphatic heterocycles. The van der Waals surface area contributed by atoms with Crippen LogP contribution in [0.15, 0.2) is 143 Å². The predicted octanol–water partition coefficient (Wildman–Crippen LogP) is 9.78. The Kier molecular flexibility index (Phi) is 25.6. The number of aliphatic hydroxyl groups is 2. The SMILES string of the molecule is CC.CCO.II.I[I-]I.O=c1c(-c2ccc(O)cc2)coc2cc(O)ccc12.Oc1ccc(C2=Cc3ccc(O)cc3OC2)cc1.Oc1ccc(C2COc3cc(O)ccc3C2O)cc1. The van der Waals surface area contributed by atoms with Gasteiger partial charge in [0.1, 0.15) is 64.4 Å². The molecular formula is C49H48I5O12-. The number of phenolic OH excluding ortho intramolecular Hbond substituents is 6. The van der Waals surface area contributed by atoms with Crippen LogP contribution in [-0.2, 0) is 0 Å². The Balaban J connectivity index is 0.000000239. The van der Waals surface area contributed by atoms with E-state index in [4.69, 9.17) is 19.0 Å². The van der Waals surface area contributed by atoms with E-state index in [1.807, 2.05) is 38.1 Å². The molecule has 0 radical (unpaired) electrons. The van der Waals surface area contributed by atoms with Crippen LogP contribution in [0.1, 0.15) is 55.0 Å². The first kappa shape index (κ1) is 56.6. The van der Waals surface area contributed by atoms with Crippen LogP contribution in [0.2, 0.25) is 0 Å². The molecule has 0 saturated heterocycles. The average Bonchev–Trinajstić information content (AvgIpc) is 3.32. The summed E-state index contributed by atoms with van der Waals surface area (Å²) < 4.78 is 16.6. The van der Waals surface area contributed by atoms with Gasteiger partial charge < -0.3 is 54.7 Å². The summed E-state index contributed by atoms with van der Waals surface area (Å²) in [6, 6.07) is 34.2. The number of phenols is 6. The molecule has 66 heavy (non-hydrogen) atoms. The number of aliphatic hydroxyl groups excluding tert-OH is 2. The zero-order valence-electron chi connectivity index (χ0n) is 35.7. The summed E-state index contributed by atoms with van der Waals surface area (Å²) in [5.41, 5.74) is 5.84. The van der Waals surface area contributed by atoms with Crippen LogP contribution in [0.5, 0.6) is 46.0 Å². The van der Waals surface area contributed by atoms with E-state index in [1.54, 1.807) is 73.7 Å². The third-order valence-corrected chi connectivity index (χ3v) is 9.32. The molecule has 2 unspecified atom stereocenters. The van der Waals surface area contributed by atoms with Crippen LogP contribution in [0, 0.1) is 0 Å². The van der Waals surface area contributed by atoms with Gasteiger partial charge in [0.15, 0.2) is 5.43 Å². The van der Waals surface area contributed by atoms with Crippen molar-refractivity contribution in [1.29, 1.82) is 0 Å². The second-order valence-electron chi connectivity index (χ2n) is 13.5. The Bertz CT molecular complexity index is 2640. The first-order chi connectivity index (χ1) is 31.8. The van der Waals surface area contributed by atoms with Gasteiger partial charge in [-0.2, -0.15) is 0 Å². The fraction of sp³-hybridized carbons (Fsp3) is 0.163. The molecule has 9 rings (SSSR count). The first-order valence-corrected chi connectivity index (χ1v) is 38.8. The first-order valence-electron chi connectivity index (χ1n) is 19.9. The second-order valence-corrected chi connectivity index (χ2v) is 29.7. The standard InChI is InChI=1S/C15H14O4.C15H10O4.C15H12O3.C2H6O.C2H6.I3.I2/c2*16-10-3-1-9(2-4-10)13-8-19-14-7-11(17)5-6-12(14)15(13)18;16-13-4-1-10(2-5-13)12-7-11-3-6-14(17)8-15(11)18-9-12;1-2-3;1-2;1-3-2;1-2/h1-7,13,15-18H,8H2;1-8,16-17H;1-8,16-17H,9H2;3H,2H2,1H3;1-2H3;;/q;;;;;-1;. The van der Waals surface area contributed by atoms with E-state index in [2.05, 4.69) is 74.5 Å². The average molecular weight is 1460 g/mol. The Hall–Kier alpha value is -3.76. The maximum absolute atomic E-state index is 12.3. The molecule has 0 fully saturated rings. The van der Waals surface area contributed by atoms with E-state index in [0.29, 0.717) is 65.6 Å². The largest absolute Gasteiger partial charge is 0.508 e. The van der Waals surface area contributed by atoms with E-state index in [0.717, 1.165) is 22.3 Å². The van der Waals surface area contributed by atoms with Gasteiger partial charge in [-0.3, -0.25) is 4.79 Å². The Labute approximate surface area is 435 Å². The van der Waals surface area contributed by atoms with Crippen molar-refractivity contribution in [2.75, 3.05) is 19.8 Å². The zero-order chi connectivity index (χ0) is 48.8. The van der Waals surface area contributed by atoms with Crippen LogP contribution in [0.25, 0.3) is 33.7 Å². The smallest absolute Gasteiger partial charge is 0.200 e. The van der Waals surface area contributed by atoms with Gasteiger partial charge in [-0.1, -0.05) is 50.2 Å². The van der Waals surface area contributed by atoms with Gasteiger partial charge in [0.25, 0.3) is 0 Å². The topological polar surface area (TPSA) is 211 Å². The minimum Gasteiger partial charge on any atom is -0.508 e. The summed E-state index contributed by atoms with van der Waals surface area (Å²) in [5, 5.41) is 74.3. The summed E-state index contributed by atoms with van der Waals surface area (Å²) in [4.78, 5) is 12.3. The van der Waals surface area contributed by atoms with E-state index in [1.165, 1.54) is 48.7 Å². The van der Waals surface area contributed by atoms with Crippen LogP contribution in [-0.4, -0.2) is 60.7 Å². The Morgan fingerprint density at radius 2 is 1.11 bits per heavy atom. The van der Waals surface area contributed by atoms with Crippen molar-refractivity contribution in [3.8, 4) is 57.1 Å². The number of hydrogen-bond acceptors (Lipinski definition) is 12. The van der Waals surface area contributed by atoms with Crippen molar-refractivity contribution in [3.05, 3.63) is 166 Å². The number of rotatable bonds is 3. The molecule has 1 aromatic heterocycles. The van der Waals surface area contributed by atoms with Crippen molar-refractivity contribution in [3.63, 3.8) is 0 Å². The van der Waals surface area contributed by atoms with Crippen LogP contribution >= 0.6 is 74.5 Å². The van der Waals surface area contributed by atoms with E-state index in [9.17, 15) is 40.5 Å². The van der Waals surface area contributed by atoms with E-state index < -0.39 is 6.10 Å². The molecule has 0 bridgehead atoms. The van der Waals surface area contributed by atoms with Crippen molar-refractivity contribution in [2.45, 2.75) is 32.8 Å². The van der Waals surface area contributed by atoms with Crippen molar-refractivity contribution in [2.24, 2.45) is 0 Å². The second kappa shape index (κ2) is 29.9. The summed E-state index contributed by atoms with van der Waals surface area (Å²) in [7, 11) is 0. The number of fused-ring (bicyclic) bond motifs is 3. The Morgan fingerprint density at radius 3 is 1.68 bits per heavy atom. The number of halogens is 5. The normalized spacial score (nSPS) is 13.7. The molecule has 17 heteroatoms. The monoisotopic (exact) mass is 1460 g/mol. The minimum atomic E-state index is -0.686. The number of hydrogen-bond donors (Lipinski definition) is 8. The molecule has 8 N–H and O–H groups in total. The van der Waals surface area contributed by atoms with Crippen molar-refractivity contribution < 1.29 is 68.0 Å². The van der Waals surface area contributed by atoms with Gasteiger partial charge in [-0.15, -0.1) is 0 Å². The van der Waals surface area contributed by atoms with E-state index in [-0.39, 0.29) is 52.5 Å². The van der Waals surface area contributed by atoms with Crippen LogP contribution in [0.4, 0.5) is 0 Å². The molecule has 0 aliphatic carbocycles. The van der Waals surface area contributed by atoms with Gasteiger partial charge in [0.05, 0.1) is 23.7 Å². The molecule has 0 saturated carbocycles. The summed E-state index contributed by atoms with van der Waals surface area (Å²) in [6.07, 6.45) is 2.70. The molecule has 0 spiro atoms.